The molecule has 34 heavy (non-hydrogen) atoms. The minimum Gasteiger partial charge on any atom is -0.491 e. The Kier molecular flexibility index (Phi) is 5.01. The first-order valence-corrected chi connectivity index (χ1v) is 12.2. The predicted octanol–water partition coefficient (Wildman–Crippen LogP) is 4.89. The highest BCUT2D eigenvalue weighted by molar-refractivity contribution is 5.78. The van der Waals surface area contributed by atoms with Crippen molar-refractivity contribution in [3.63, 3.8) is 0 Å². The zero-order chi connectivity index (χ0) is 23.3. The Labute approximate surface area is 199 Å². The first-order chi connectivity index (χ1) is 16.5. The minimum absolute atomic E-state index is 0.274. The van der Waals surface area contributed by atoms with Crippen molar-refractivity contribution in [1.29, 1.82) is 0 Å². The number of pyridine rings is 1. The van der Waals surface area contributed by atoms with Crippen LogP contribution in [0.3, 0.4) is 0 Å². The second-order valence-electron chi connectivity index (χ2n) is 10.2. The van der Waals surface area contributed by atoms with Crippen LogP contribution in [0.5, 0.6) is 5.75 Å². The summed E-state index contributed by atoms with van der Waals surface area (Å²) in [4.78, 5) is 24.2. The number of ether oxygens (including phenoxy) is 1. The molecule has 0 saturated heterocycles. The molecule has 0 bridgehead atoms. The molecule has 0 unspecified atom stereocenters. The number of rotatable bonds is 3. The van der Waals surface area contributed by atoms with Crippen LogP contribution in [0.4, 0.5) is 5.82 Å². The lowest BCUT2D eigenvalue weighted by atomic mass is 9.76. The van der Waals surface area contributed by atoms with Gasteiger partial charge in [-0.05, 0) is 48.4 Å². The average molecular weight is 455 g/mol. The first-order valence-electron chi connectivity index (χ1n) is 12.2. The fourth-order valence-corrected chi connectivity index (χ4v) is 5.16. The summed E-state index contributed by atoms with van der Waals surface area (Å²) in [6, 6.07) is 8.56. The number of anilines is 1. The highest BCUT2D eigenvalue weighted by Crippen LogP contribution is 2.39. The molecule has 0 saturated carbocycles. The smallest absolute Gasteiger partial charge is 0.177 e. The molecule has 4 heterocycles. The van der Waals surface area contributed by atoms with Crippen molar-refractivity contribution in [2.45, 2.75) is 53.0 Å². The summed E-state index contributed by atoms with van der Waals surface area (Å²) in [5.74, 6) is 2.97. The van der Waals surface area contributed by atoms with E-state index in [1.54, 1.807) is 6.33 Å². The third kappa shape index (κ3) is 3.79. The molecule has 0 spiro atoms. The van der Waals surface area contributed by atoms with E-state index in [9.17, 15) is 0 Å². The van der Waals surface area contributed by atoms with E-state index in [1.807, 2.05) is 6.20 Å². The summed E-state index contributed by atoms with van der Waals surface area (Å²) in [6.07, 6.45) is 7.69. The normalized spacial score (nSPS) is 17.1. The number of aromatic nitrogens is 5. The zero-order valence-electron chi connectivity index (χ0n) is 20.1. The van der Waals surface area contributed by atoms with Crippen molar-refractivity contribution in [2.75, 3.05) is 18.1 Å². The van der Waals surface area contributed by atoms with E-state index in [0.29, 0.717) is 6.61 Å². The molecule has 0 radical (unpaired) electrons. The van der Waals surface area contributed by atoms with Crippen molar-refractivity contribution < 1.29 is 4.74 Å². The highest BCUT2D eigenvalue weighted by Gasteiger charge is 2.30. The summed E-state index contributed by atoms with van der Waals surface area (Å²) < 4.78 is 6.15. The topological polar surface area (TPSA) is 79.8 Å². The van der Waals surface area contributed by atoms with Gasteiger partial charge in [0.2, 0.25) is 0 Å². The number of hydrogen-bond acceptors (Lipinski definition) is 6. The summed E-state index contributed by atoms with van der Waals surface area (Å²) in [7, 11) is 0. The molecule has 2 aliphatic rings. The molecular formula is C27H30N6O. The number of H-pyrrole nitrogens is 1. The third-order valence-corrected chi connectivity index (χ3v) is 7.10. The van der Waals surface area contributed by atoms with Crippen molar-refractivity contribution in [1.82, 2.24) is 24.9 Å². The van der Waals surface area contributed by atoms with E-state index in [2.05, 4.69) is 69.9 Å². The van der Waals surface area contributed by atoms with E-state index in [-0.39, 0.29) is 5.41 Å². The molecule has 3 aromatic heterocycles. The molecular weight excluding hydrogens is 424 g/mol. The van der Waals surface area contributed by atoms with Gasteiger partial charge in [0, 0.05) is 41.5 Å². The summed E-state index contributed by atoms with van der Waals surface area (Å²) in [5.41, 5.74) is 7.87. The Morgan fingerprint density at radius 1 is 1.12 bits per heavy atom. The Balaban J connectivity index is 1.35. The van der Waals surface area contributed by atoms with Crippen molar-refractivity contribution in [3.05, 3.63) is 59.4 Å². The molecule has 6 rings (SSSR count). The van der Waals surface area contributed by atoms with Gasteiger partial charge in [-0.25, -0.2) is 19.9 Å². The number of imidazole rings is 1. The van der Waals surface area contributed by atoms with Gasteiger partial charge in [-0.15, -0.1) is 0 Å². The molecule has 0 atom stereocenters. The van der Waals surface area contributed by atoms with Gasteiger partial charge in [0.05, 0.1) is 12.1 Å². The molecule has 0 fully saturated rings. The minimum atomic E-state index is 0.274. The first kappa shape index (κ1) is 21.1. The van der Waals surface area contributed by atoms with Crippen LogP contribution in [0, 0.1) is 5.41 Å². The van der Waals surface area contributed by atoms with Gasteiger partial charge in [-0.3, -0.25) is 0 Å². The van der Waals surface area contributed by atoms with E-state index in [4.69, 9.17) is 9.72 Å². The Morgan fingerprint density at radius 3 is 2.91 bits per heavy atom. The lowest BCUT2D eigenvalue weighted by Crippen LogP contribution is -2.31. The lowest BCUT2D eigenvalue weighted by Gasteiger charge is -2.33. The van der Waals surface area contributed by atoms with Crippen LogP contribution in [0.2, 0.25) is 0 Å². The number of nitrogens with one attached hydrogen (secondary N) is 1. The van der Waals surface area contributed by atoms with Crippen LogP contribution in [-0.2, 0) is 25.8 Å². The number of aromatic amines is 1. The number of benzene rings is 1. The molecule has 1 aliphatic heterocycles. The van der Waals surface area contributed by atoms with Crippen molar-refractivity contribution >= 4 is 17.0 Å². The van der Waals surface area contributed by atoms with Crippen LogP contribution in [0.15, 0.2) is 36.8 Å². The van der Waals surface area contributed by atoms with Crippen LogP contribution in [0.1, 0.15) is 49.8 Å². The molecule has 1 aliphatic carbocycles. The zero-order valence-corrected chi connectivity index (χ0v) is 20.1. The Morgan fingerprint density at radius 2 is 2.03 bits per heavy atom. The van der Waals surface area contributed by atoms with Crippen molar-refractivity contribution in [3.8, 4) is 16.9 Å². The van der Waals surface area contributed by atoms with E-state index in [0.717, 1.165) is 77.6 Å². The number of fused-ring (bicyclic) bond motifs is 3. The van der Waals surface area contributed by atoms with Gasteiger partial charge in [-0.1, -0.05) is 26.8 Å². The van der Waals surface area contributed by atoms with Crippen molar-refractivity contribution in [2.24, 2.45) is 5.41 Å². The number of nitrogens with zero attached hydrogens (tertiary/aromatic N) is 5. The van der Waals surface area contributed by atoms with Crippen LogP contribution in [0.25, 0.3) is 22.3 Å². The fraction of sp³-hybridized carbons (Fsp3) is 0.407. The van der Waals surface area contributed by atoms with Gasteiger partial charge in [0.25, 0.3) is 0 Å². The third-order valence-electron chi connectivity index (χ3n) is 7.10. The van der Waals surface area contributed by atoms with Gasteiger partial charge in [0.1, 0.15) is 30.3 Å². The quantitative estimate of drug-likeness (QED) is 0.475. The molecule has 4 aromatic rings. The molecule has 174 valence electrons. The van der Waals surface area contributed by atoms with E-state index >= 15 is 0 Å². The second-order valence-corrected chi connectivity index (χ2v) is 10.2. The summed E-state index contributed by atoms with van der Waals surface area (Å²) >= 11 is 0. The standard InChI is InChI=1S/C27H30N6O/c1-4-24-31-22-12-18(14-28-25(22)32-24)17-5-6-23-19(11-17)15-33(9-10-34-23)26-20-13-27(2,3)8-7-21(20)29-16-30-26/h5-6,11-12,14,16H,4,7-10,13,15H2,1-3H3,(H,28,31,32). The van der Waals surface area contributed by atoms with E-state index in [1.165, 1.54) is 17.7 Å². The average Bonchev–Trinajstić information content (AvgIpc) is 3.14. The van der Waals surface area contributed by atoms with Gasteiger partial charge >= 0.3 is 0 Å². The maximum atomic E-state index is 6.15. The Hall–Kier alpha value is -3.48. The van der Waals surface area contributed by atoms with Crippen LogP contribution >= 0.6 is 0 Å². The predicted molar refractivity (Wildman–Crippen MR) is 133 cm³/mol. The number of hydrogen-bond donors (Lipinski definition) is 1. The fourth-order valence-electron chi connectivity index (χ4n) is 5.16. The molecule has 1 aromatic carbocycles. The highest BCUT2D eigenvalue weighted by atomic mass is 16.5. The molecule has 1 N–H and O–H groups in total. The SMILES string of the molecule is CCc1nc2ncc(-c3ccc4c(c3)CN(c3ncnc5c3CC(C)(C)CC5)CCO4)cc2[nH]1. The van der Waals surface area contributed by atoms with E-state index < -0.39 is 0 Å². The molecule has 7 nitrogen and oxygen atoms in total. The number of aryl methyl sites for hydroxylation is 2. The summed E-state index contributed by atoms with van der Waals surface area (Å²) in [6.45, 7) is 8.96. The van der Waals surface area contributed by atoms with Crippen LogP contribution in [-0.4, -0.2) is 38.1 Å². The monoisotopic (exact) mass is 454 g/mol. The molecule has 7 heteroatoms. The maximum Gasteiger partial charge on any atom is 0.177 e. The largest absolute Gasteiger partial charge is 0.491 e. The van der Waals surface area contributed by atoms with Gasteiger partial charge in [-0.2, -0.15) is 0 Å². The Bertz CT molecular complexity index is 1380. The van der Waals surface area contributed by atoms with Crippen LogP contribution < -0.4 is 9.64 Å². The van der Waals surface area contributed by atoms with Gasteiger partial charge < -0.3 is 14.6 Å². The second kappa shape index (κ2) is 8.08. The molecule has 0 amide bonds. The van der Waals surface area contributed by atoms with Gasteiger partial charge in [0.15, 0.2) is 5.65 Å². The maximum absolute atomic E-state index is 6.15. The lowest BCUT2D eigenvalue weighted by molar-refractivity contribution is 0.310. The summed E-state index contributed by atoms with van der Waals surface area (Å²) in [5, 5.41) is 0.